The number of amides is 1. The fourth-order valence-electron chi connectivity index (χ4n) is 0.513. The fraction of sp³-hybridized carbons (Fsp3) is 0.500. The summed E-state index contributed by atoms with van der Waals surface area (Å²) in [6.45, 7) is 11.4. The van der Waals surface area contributed by atoms with Crippen LogP contribution in [0.3, 0.4) is 0 Å². The highest BCUT2D eigenvalue weighted by Gasteiger charge is 1.92. The molecule has 0 heterocycles. The van der Waals surface area contributed by atoms with Gasteiger partial charge in [0.25, 0.3) is 0 Å². The maximum absolute atomic E-state index is 10.5. The van der Waals surface area contributed by atoms with E-state index in [9.17, 15) is 4.79 Å². The fourth-order valence-corrected chi connectivity index (χ4v) is 0.513. The van der Waals surface area contributed by atoms with Crippen molar-refractivity contribution in [2.45, 2.75) is 26.7 Å². The molecular formula is C10H19NO. The number of nitrogens with one attached hydrogen (secondary N) is 1. The van der Waals surface area contributed by atoms with Gasteiger partial charge in [0.2, 0.25) is 5.91 Å². The summed E-state index contributed by atoms with van der Waals surface area (Å²) in [6.07, 6.45) is 4.87. The van der Waals surface area contributed by atoms with Crippen LogP contribution in [0.4, 0.5) is 0 Å². The van der Waals surface area contributed by atoms with E-state index in [-0.39, 0.29) is 5.91 Å². The van der Waals surface area contributed by atoms with Gasteiger partial charge < -0.3 is 5.32 Å². The molecule has 0 aliphatic carbocycles. The van der Waals surface area contributed by atoms with Crippen LogP contribution < -0.4 is 5.32 Å². The van der Waals surface area contributed by atoms with Crippen molar-refractivity contribution in [3.8, 4) is 0 Å². The van der Waals surface area contributed by atoms with Gasteiger partial charge in [0.1, 0.15) is 0 Å². The Labute approximate surface area is 75.4 Å². The van der Waals surface area contributed by atoms with Gasteiger partial charge in [0.15, 0.2) is 0 Å². The molecule has 2 heteroatoms. The van der Waals surface area contributed by atoms with Gasteiger partial charge in [-0.15, -0.1) is 0 Å². The molecule has 1 amide bonds. The normalized spacial score (nSPS) is 7.50. The molecular weight excluding hydrogens is 150 g/mol. The molecule has 0 atom stereocenters. The second-order valence-electron chi connectivity index (χ2n) is 2.17. The molecule has 0 aliphatic rings. The molecule has 0 aliphatic heterocycles. The van der Waals surface area contributed by atoms with Crippen LogP contribution in [0.25, 0.3) is 0 Å². The zero-order valence-corrected chi connectivity index (χ0v) is 8.10. The van der Waals surface area contributed by atoms with Crippen LogP contribution in [0, 0.1) is 0 Å². The van der Waals surface area contributed by atoms with E-state index in [0.29, 0.717) is 6.42 Å². The average molecular weight is 169 g/mol. The minimum Gasteiger partial charge on any atom is -0.356 e. The van der Waals surface area contributed by atoms with E-state index < -0.39 is 0 Å². The predicted molar refractivity (Wildman–Crippen MR) is 54.0 cm³/mol. The van der Waals surface area contributed by atoms with Crippen molar-refractivity contribution in [3.05, 3.63) is 25.3 Å². The van der Waals surface area contributed by atoms with Crippen LogP contribution in [0.1, 0.15) is 26.7 Å². The lowest BCUT2D eigenvalue weighted by molar-refractivity contribution is -0.121. The molecule has 0 radical (unpaired) electrons. The second-order valence-corrected chi connectivity index (χ2v) is 2.17. The zero-order chi connectivity index (χ0) is 9.82. The summed E-state index contributed by atoms with van der Waals surface area (Å²) < 4.78 is 0. The van der Waals surface area contributed by atoms with E-state index in [1.165, 1.54) is 0 Å². The Balaban J connectivity index is 0. The van der Waals surface area contributed by atoms with Gasteiger partial charge in [0, 0.05) is 13.0 Å². The lowest BCUT2D eigenvalue weighted by Gasteiger charge is -1.96. The number of carbonyl (C=O) groups excluding carboxylic acids is 1. The van der Waals surface area contributed by atoms with Crippen LogP contribution in [0.15, 0.2) is 25.3 Å². The van der Waals surface area contributed by atoms with Crippen molar-refractivity contribution in [3.63, 3.8) is 0 Å². The maximum atomic E-state index is 10.5. The van der Waals surface area contributed by atoms with Crippen molar-refractivity contribution in [1.29, 1.82) is 0 Å². The molecule has 0 aromatic rings. The summed E-state index contributed by atoms with van der Waals surface area (Å²) in [5.41, 5.74) is 0. The summed E-state index contributed by atoms with van der Waals surface area (Å²) in [4.78, 5) is 10.5. The van der Waals surface area contributed by atoms with Gasteiger partial charge >= 0.3 is 0 Å². The smallest absolute Gasteiger partial charge is 0.219 e. The van der Waals surface area contributed by atoms with E-state index in [1.807, 2.05) is 13.8 Å². The molecule has 0 unspecified atom stereocenters. The molecule has 1 N–H and O–H groups in total. The number of allylic oxidation sites excluding steroid dienone is 2. The highest BCUT2D eigenvalue weighted by molar-refractivity contribution is 5.75. The zero-order valence-electron chi connectivity index (χ0n) is 8.10. The largest absolute Gasteiger partial charge is 0.356 e. The quantitative estimate of drug-likeness (QED) is 0.643. The number of hydrogen-bond acceptors (Lipinski definition) is 1. The molecule has 0 saturated heterocycles. The van der Waals surface area contributed by atoms with E-state index >= 15 is 0 Å². The summed E-state index contributed by atoms with van der Waals surface area (Å²) in [5, 5.41) is 2.71. The molecule has 0 aromatic carbocycles. The number of rotatable bonds is 4. The third-order valence-electron chi connectivity index (χ3n) is 1.02. The van der Waals surface area contributed by atoms with Gasteiger partial charge in [-0.1, -0.05) is 32.2 Å². The van der Waals surface area contributed by atoms with Crippen LogP contribution in [-0.2, 0) is 4.79 Å². The SMILES string of the molecule is C=CC=C.CCCC(=O)NCC. The topological polar surface area (TPSA) is 29.1 Å². The van der Waals surface area contributed by atoms with E-state index in [2.05, 4.69) is 18.5 Å². The van der Waals surface area contributed by atoms with Crippen LogP contribution in [-0.4, -0.2) is 12.5 Å². The third-order valence-corrected chi connectivity index (χ3v) is 1.02. The summed E-state index contributed by atoms with van der Waals surface area (Å²) >= 11 is 0. The van der Waals surface area contributed by atoms with Gasteiger partial charge in [-0.3, -0.25) is 4.79 Å². The summed E-state index contributed by atoms with van der Waals surface area (Å²) in [7, 11) is 0. The number of carbonyl (C=O) groups is 1. The van der Waals surface area contributed by atoms with E-state index in [4.69, 9.17) is 0 Å². The maximum Gasteiger partial charge on any atom is 0.219 e. The average Bonchev–Trinajstić information content (AvgIpc) is 2.06. The summed E-state index contributed by atoms with van der Waals surface area (Å²) in [6, 6.07) is 0. The second kappa shape index (κ2) is 12.6. The van der Waals surface area contributed by atoms with Gasteiger partial charge in [0.05, 0.1) is 0 Å². The van der Waals surface area contributed by atoms with Crippen LogP contribution >= 0.6 is 0 Å². The Kier molecular flexibility index (Phi) is 14.2. The molecule has 0 saturated carbocycles. The monoisotopic (exact) mass is 169 g/mol. The van der Waals surface area contributed by atoms with Gasteiger partial charge in [-0.2, -0.15) is 0 Å². The first-order valence-corrected chi connectivity index (χ1v) is 4.23. The highest BCUT2D eigenvalue weighted by Crippen LogP contribution is 1.83. The minimum absolute atomic E-state index is 0.162. The lowest BCUT2D eigenvalue weighted by Crippen LogP contribution is -2.21. The van der Waals surface area contributed by atoms with Crippen LogP contribution in [0.5, 0.6) is 0 Å². The standard InChI is InChI=1S/C6H13NO.C4H6/c1-3-5-6(8)7-4-2;1-3-4-2/h3-5H2,1-2H3,(H,7,8);3-4H,1-2H2. The first-order valence-electron chi connectivity index (χ1n) is 4.23. The molecule has 0 bridgehead atoms. The van der Waals surface area contributed by atoms with Crippen molar-refractivity contribution >= 4 is 5.91 Å². The molecule has 70 valence electrons. The molecule has 0 aromatic heterocycles. The van der Waals surface area contributed by atoms with Gasteiger partial charge in [-0.05, 0) is 13.3 Å². The first-order chi connectivity index (χ1) is 5.72. The lowest BCUT2D eigenvalue weighted by atomic mass is 10.3. The van der Waals surface area contributed by atoms with Crippen molar-refractivity contribution in [2.75, 3.05) is 6.54 Å². The Hall–Kier alpha value is -1.05. The van der Waals surface area contributed by atoms with E-state index in [1.54, 1.807) is 12.2 Å². The predicted octanol–water partition coefficient (Wildman–Crippen LogP) is 2.28. The molecule has 12 heavy (non-hydrogen) atoms. The van der Waals surface area contributed by atoms with Crippen LogP contribution in [0.2, 0.25) is 0 Å². The first kappa shape index (κ1) is 13.5. The summed E-state index contributed by atoms with van der Waals surface area (Å²) in [5.74, 6) is 0.162. The Morgan fingerprint density at radius 3 is 2.08 bits per heavy atom. The molecule has 0 fully saturated rings. The minimum atomic E-state index is 0.162. The Bertz CT molecular complexity index is 116. The van der Waals surface area contributed by atoms with E-state index in [0.717, 1.165) is 13.0 Å². The Morgan fingerprint density at radius 1 is 1.33 bits per heavy atom. The van der Waals surface area contributed by atoms with Crippen molar-refractivity contribution in [1.82, 2.24) is 5.32 Å². The number of hydrogen-bond donors (Lipinski definition) is 1. The van der Waals surface area contributed by atoms with Crippen molar-refractivity contribution < 1.29 is 4.79 Å². The molecule has 0 rings (SSSR count). The molecule has 0 spiro atoms. The third kappa shape index (κ3) is 16.0. The van der Waals surface area contributed by atoms with Gasteiger partial charge in [-0.25, -0.2) is 0 Å². The molecule has 2 nitrogen and oxygen atoms in total. The highest BCUT2D eigenvalue weighted by atomic mass is 16.1. The Morgan fingerprint density at radius 2 is 1.83 bits per heavy atom. The van der Waals surface area contributed by atoms with Crippen molar-refractivity contribution in [2.24, 2.45) is 0 Å².